The van der Waals surface area contributed by atoms with Crippen molar-refractivity contribution < 1.29 is 22.7 Å². The largest absolute Gasteiger partial charge is 0.497 e. The monoisotopic (exact) mass is 411 g/mol. The highest BCUT2D eigenvalue weighted by molar-refractivity contribution is 7.89. The van der Waals surface area contributed by atoms with E-state index in [4.69, 9.17) is 9.47 Å². The van der Waals surface area contributed by atoms with E-state index in [1.165, 1.54) is 11.4 Å². The molecule has 2 atom stereocenters. The zero-order valence-electron chi connectivity index (χ0n) is 16.9. The number of carbonyl (C=O) groups excluding carboxylic acids is 1. The summed E-state index contributed by atoms with van der Waals surface area (Å²) in [4.78, 5) is 16.8. The zero-order valence-corrected chi connectivity index (χ0v) is 17.7. The molecule has 0 aliphatic carbocycles. The third-order valence-electron chi connectivity index (χ3n) is 5.26. The summed E-state index contributed by atoms with van der Waals surface area (Å²) in [6, 6.07) is 6.02. The van der Waals surface area contributed by atoms with Crippen LogP contribution in [0.15, 0.2) is 29.2 Å². The van der Waals surface area contributed by atoms with Gasteiger partial charge in [0.2, 0.25) is 10.0 Å². The smallest absolute Gasteiger partial charge is 0.321 e. The van der Waals surface area contributed by atoms with E-state index in [1.54, 1.807) is 34.1 Å². The standard InChI is InChI=1S/C19H29N3O5S/c1-14(2)18-21(28(24,25)17-7-5-16(26-4)6-8-17)13-15(3)22(18)19(23)20-9-11-27-12-10-20/h5-8,14-15,18H,9-13H2,1-4H3/t15-,18+/m1/s1. The summed E-state index contributed by atoms with van der Waals surface area (Å²) in [6.07, 6.45) is -0.530. The number of benzene rings is 1. The Kier molecular flexibility index (Phi) is 6.16. The first kappa shape index (κ1) is 20.9. The number of nitrogens with zero attached hydrogens (tertiary/aromatic N) is 3. The van der Waals surface area contributed by atoms with Gasteiger partial charge in [-0.3, -0.25) is 0 Å². The molecule has 0 aromatic heterocycles. The fourth-order valence-corrected chi connectivity index (χ4v) is 5.64. The number of amides is 2. The highest BCUT2D eigenvalue weighted by Crippen LogP contribution is 2.33. The first-order valence-electron chi connectivity index (χ1n) is 9.58. The molecule has 28 heavy (non-hydrogen) atoms. The molecule has 0 radical (unpaired) electrons. The van der Waals surface area contributed by atoms with E-state index in [0.29, 0.717) is 32.1 Å². The first-order valence-corrected chi connectivity index (χ1v) is 11.0. The van der Waals surface area contributed by atoms with Crippen LogP contribution in [0.4, 0.5) is 4.79 Å². The van der Waals surface area contributed by atoms with Crippen molar-refractivity contribution in [1.82, 2.24) is 14.1 Å². The van der Waals surface area contributed by atoms with Crippen LogP contribution in [-0.2, 0) is 14.8 Å². The quantitative estimate of drug-likeness (QED) is 0.755. The lowest BCUT2D eigenvalue weighted by Crippen LogP contribution is -2.55. The molecule has 2 fully saturated rings. The predicted octanol–water partition coefficient (Wildman–Crippen LogP) is 1.82. The van der Waals surface area contributed by atoms with Gasteiger partial charge in [-0.05, 0) is 37.1 Å². The third kappa shape index (κ3) is 3.83. The van der Waals surface area contributed by atoms with Crippen LogP contribution >= 0.6 is 0 Å². The SMILES string of the molecule is COc1ccc(S(=O)(=O)N2C[C@@H](C)N(C(=O)N3CCOCC3)[C@H]2C(C)C)cc1. The van der Waals surface area contributed by atoms with Gasteiger partial charge >= 0.3 is 6.03 Å². The van der Waals surface area contributed by atoms with Crippen LogP contribution in [0.25, 0.3) is 0 Å². The zero-order chi connectivity index (χ0) is 20.5. The van der Waals surface area contributed by atoms with E-state index in [9.17, 15) is 13.2 Å². The highest BCUT2D eigenvalue weighted by atomic mass is 32.2. The van der Waals surface area contributed by atoms with Crippen molar-refractivity contribution in [2.45, 2.75) is 37.9 Å². The summed E-state index contributed by atoms with van der Waals surface area (Å²) in [5.41, 5.74) is 0. The van der Waals surface area contributed by atoms with Crippen LogP contribution in [0, 0.1) is 5.92 Å². The summed E-state index contributed by atoms with van der Waals surface area (Å²) < 4.78 is 38.6. The van der Waals surface area contributed by atoms with Crippen LogP contribution in [0.5, 0.6) is 5.75 Å². The lowest BCUT2D eigenvalue weighted by molar-refractivity contribution is 0.0334. The van der Waals surface area contributed by atoms with Gasteiger partial charge in [0, 0.05) is 25.7 Å². The van der Waals surface area contributed by atoms with Crippen LogP contribution in [0.1, 0.15) is 20.8 Å². The number of hydrogen-bond acceptors (Lipinski definition) is 5. The summed E-state index contributed by atoms with van der Waals surface area (Å²) in [5.74, 6) is 0.543. The lowest BCUT2D eigenvalue weighted by Gasteiger charge is -2.38. The van der Waals surface area contributed by atoms with Crippen molar-refractivity contribution >= 4 is 16.1 Å². The maximum Gasteiger partial charge on any atom is 0.321 e. The fraction of sp³-hybridized carbons (Fsp3) is 0.632. The van der Waals surface area contributed by atoms with Crippen LogP contribution in [0.2, 0.25) is 0 Å². The molecule has 0 bridgehead atoms. The lowest BCUT2D eigenvalue weighted by atomic mass is 10.1. The number of ether oxygens (including phenoxy) is 2. The van der Waals surface area contributed by atoms with E-state index in [-0.39, 0.29) is 29.4 Å². The fourth-order valence-electron chi connectivity index (χ4n) is 3.85. The average Bonchev–Trinajstić information content (AvgIpc) is 3.06. The molecule has 0 N–H and O–H groups in total. The minimum Gasteiger partial charge on any atom is -0.497 e. The molecule has 2 saturated heterocycles. The molecule has 156 valence electrons. The van der Waals surface area contributed by atoms with Crippen molar-refractivity contribution in [3.8, 4) is 5.75 Å². The van der Waals surface area contributed by atoms with Crippen LogP contribution in [-0.4, -0.2) is 80.7 Å². The normalized spacial score (nSPS) is 24.0. The molecule has 2 aliphatic rings. The number of rotatable bonds is 4. The molecule has 2 amide bonds. The summed E-state index contributed by atoms with van der Waals surface area (Å²) in [7, 11) is -2.21. The van der Waals surface area contributed by atoms with Gasteiger partial charge in [0.15, 0.2) is 0 Å². The Morgan fingerprint density at radius 2 is 1.79 bits per heavy atom. The van der Waals surface area contributed by atoms with Crippen molar-refractivity contribution in [3.05, 3.63) is 24.3 Å². The molecule has 9 heteroatoms. The minimum absolute atomic E-state index is 0.0528. The van der Waals surface area contributed by atoms with Crippen molar-refractivity contribution in [1.29, 1.82) is 0 Å². The number of carbonyl (C=O) groups is 1. The second-order valence-electron chi connectivity index (χ2n) is 7.55. The van der Waals surface area contributed by atoms with Gasteiger partial charge in [-0.2, -0.15) is 4.31 Å². The maximum atomic E-state index is 13.4. The predicted molar refractivity (Wildman–Crippen MR) is 105 cm³/mol. The van der Waals surface area contributed by atoms with E-state index < -0.39 is 16.2 Å². The number of hydrogen-bond donors (Lipinski definition) is 0. The van der Waals surface area contributed by atoms with Gasteiger partial charge in [0.1, 0.15) is 11.9 Å². The highest BCUT2D eigenvalue weighted by Gasteiger charge is 2.48. The molecule has 8 nitrogen and oxygen atoms in total. The Balaban J connectivity index is 1.91. The molecule has 3 rings (SSSR count). The second-order valence-corrected chi connectivity index (χ2v) is 9.44. The maximum absolute atomic E-state index is 13.4. The van der Waals surface area contributed by atoms with E-state index in [0.717, 1.165) is 0 Å². The van der Waals surface area contributed by atoms with E-state index in [2.05, 4.69) is 0 Å². The van der Waals surface area contributed by atoms with E-state index in [1.807, 2.05) is 20.8 Å². The molecule has 2 heterocycles. The van der Waals surface area contributed by atoms with Crippen LogP contribution < -0.4 is 4.74 Å². The first-order chi connectivity index (χ1) is 13.3. The van der Waals surface area contributed by atoms with Gasteiger partial charge in [-0.15, -0.1) is 0 Å². The van der Waals surface area contributed by atoms with Crippen molar-refractivity contribution in [2.75, 3.05) is 40.0 Å². The van der Waals surface area contributed by atoms with Gasteiger partial charge in [0.25, 0.3) is 0 Å². The average molecular weight is 412 g/mol. The molecular weight excluding hydrogens is 382 g/mol. The number of morpholine rings is 1. The summed E-state index contributed by atoms with van der Waals surface area (Å²) >= 11 is 0. The Hall–Kier alpha value is -1.84. The number of methoxy groups -OCH3 is 1. The number of urea groups is 1. The minimum atomic E-state index is -3.75. The topological polar surface area (TPSA) is 79.4 Å². The van der Waals surface area contributed by atoms with Gasteiger partial charge < -0.3 is 19.3 Å². The Morgan fingerprint density at radius 3 is 2.32 bits per heavy atom. The molecule has 1 aromatic carbocycles. The van der Waals surface area contributed by atoms with Gasteiger partial charge in [-0.25, -0.2) is 13.2 Å². The molecular formula is C19H29N3O5S. The number of sulfonamides is 1. The molecule has 2 aliphatic heterocycles. The second kappa shape index (κ2) is 8.26. The van der Waals surface area contributed by atoms with Gasteiger partial charge in [0.05, 0.1) is 25.2 Å². The summed E-state index contributed by atoms with van der Waals surface area (Å²) in [5, 5.41) is 0. The van der Waals surface area contributed by atoms with Crippen LogP contribution in [0.3, 0.4) is 0 Å². The molecule has 0 unspecified atom stereocenters. The Bertz CT molecular complexity index is 790. The van der Waals surface area contributed by atoms with Gasteiger partial charge in [-0.1, -0.05) is 13.8 Å². The Labute approximate surface area is 167 Å². The van der Waals surface area contributed by atoms with Crippen molar-refractivity contribution in [3.63, 3.8) is 0 Å². The molecule has 1 aromatic rings. The third-order valence-corrected chi connectivity index (χ3v) is 7.11. The molecule has 0 spiro atoms. The Morgan fingerprint density at radius 1 is 1.18 bits per heavy atom. The molecule has 0 saturated carbocycles. The van der Waals surface area contributed by atoms with Crippen molar-refractivity contribution in [2.24, 2.45) is 5.92 Å². The van der Waals surface area contributed by atoms with E-state index >= 15 is 0 Å². The summed E-state index contributed by atoms with van der Waals surface area (Å²) in [6.45, 7) is 8.13.